The SMILES string of the molecule is COc1ccc(OCCn2cnc(Cl)c(OC)c2=O)cc1. The molecule has 1 aromatic heterocycles. The minimum absolute atomic E-state index is 0.0311. The van der Waals surface area contributed by atoms with Gasteiger partial charge in [-0.15, -0.1) is 0 Å². The van der Waals surface area contributed by atoms with Crippen molar-refractivity contribution in [3.63, 3.8) is 0 Å². The van der Waals surface area contributed by atoms with Crippen LogP contribution in [-0.2, 0) is 6.54 Å². The quantitative estimate of drug-likeness (QED) is 0.764. The number of hydrogen-bond donors (Lipinski definition) is 0. The molecule has 0 unspecified atom stereocenters. The first-order valence-corrected chi connectivity index (χ1v) is 6.59. The van der Waals surface area contributed by atoms with E-state index in [-0.39, 0.29) is 16.5 Å². The van der Waals surface area contributed by atoms with Crippen LogP contribution in [0.5, 0.6) is 17.2 Å². The molecule has 112 valence electrons. The molecule has 0 atom stereocenters. The van der Waals surface area contributed by atoms with Gasteiger partial charge in [0, 0.05) is 0 Å². The van der Waals surface area contributed by atoms with Gasteiger partial charge >= 0.3 is 0 Å². The Morgan fingerprint density at radius 1 is 1.14 bits per heavy atom. The van der Waals surface area contributed by atoms with Gasteiger partial charge in [0.1, 0.15) is 18.1 Å². The number of rotatable bonds is 6. The monoisotopic (exact) mass is 310 g/mol. The van der Waals surface area contributed by atoms with Crippen LogP contribution in [0.25, 0.3) is 0 Å². The van der Waals surface area contributed by atoms with Gasteiger partial charge in [-0.05, 0) is 24.3 Å². The maximum atomic E-state index is 12.0. The normalized spacial score (nSPS) is 10.2. The molecule has 21 heavy (non-hydrogen) atoms. The van der Waals surface area contributed by atoms with Crippen LogP contribution in [0.4, 0.5) is 0 Å². The molecule has 0 bridgehead atoms. The third-order valence-electron chi connectivity index (χ3n) is 2.82. The average molecular weight is 311 g/mol. The van der Waals surface area contributed by atoms with Crippen LogP contribution in [0.1, 0.15) is 0 Å². The fourth-order valence-electron chi connectivity index (χ4n) is 1.71. The molecule has 1 heterocycles. The van der Waals surface area contributed by atoms with Crippen molar-refractivity contribution in [1.29, 1.82) is 0 Å². The number of hydrogen-bond acceptors (Lipinski definition) is 5. The van der Waals surface area contributed by atoms with Crippen LogP contribution in [0.15, 0.2) is 35.4 Å². The molecule has 0 aliphatic carbocycles. The first-order chi connectivity index (χ1) is 10.2. The summed E-state index contributed by atoms with van der Waals surface area (Å²) in [5.41, 5.74) is -0.337. The Kier molecular flexibility index (Phi) is 5.05. The predicted octanol–water partition coefficient (Wildman–Crippen LogP) is 1.99. The van der Waals surface area contributed by atoms with E-state index in [9.17, 15) is 4.79 Å². The molecule has 2 rings (SSSR count). The molecule has 0 saturated heterocycles. The largest absolute Gasteiger partial charge is 0.497 e. The summed E-state index contributed by atoms with van der Waals surface area (Å²) in [4.78, 5) is 15.9. The number of methoxy groups -OCH3 is 2. The predicted molar refractivity (Wildman–Crippen MR) is 78.5 cm³/mol. The number of nitrogens with zero attached hydrogens (tertiary/aromatic N) is 2. The van der Waals surface area contributed by atoms with Crippen molar-refractivity contribution in [3.05, 3.63) is 46.1 Å². The molecule has 0 amide bonds. The van der Waals surface area contributed by atoms with Crippen LogP contribution in [-0.4, -0.2) is 30.4 Å². The van der Waals surface area contributed by atoms with Gasteiger partial charge in [-0.3, -0.25) is 9.36 Å². The molecule has 0 N–H and O–H groups in total. The highest BCUT2D eigenvalue weighted by atomic mass is 35.5. The molecular formula is C14H15ClN2O4. The maximum absolute atomic E-state index is 12.0. The van der Waals surface area contributed by atoms with E-state index in [0.717, 1.165) is 5.75 Å². The molecule has 0 aliphatic heterocycles. The lowest BCUT2D eigenvalue weighted by molar-refractivity contribution is 0.292. The zero-order chi connectivity index (χ0) is 15.2. The maximum Gasteiger partial charge on any atom is 0.297 e. The Hall–Kier alpha value is -2.21. The Morgan fingerprint density at radius 2 is 1.81 bits per heavy atom. The molecule has 0 saturated carbocycles. The summed E-state index contributed by atoms with van der Waals surface area (Å²) in [6.45, 7) is 0.657. The number of benzene rings is 1. The van der Waals surface area contributed by atoms with Crippen molar-refractivity contribution in [2.45, 2.75) is 6.54 Å². The molecule has 0 radical (unpaired) electrons. The van der Waals surface area contributed by atoms with Gasteiger partial charge in [-0.1, -0.05) is 11.6 Å². The van der Waals surface area contributed by atoms with E-state index in [1.54, 1.807) is 31.4 Å². The van der Waals surface area contributed by atoms with Crippen molar-refractivity contribution in [1.82, 2.24) is 9.55 Å². The smallest absolute Gasteiger partial charge is 0.297 e. The second-order valence-corrected chi connectivity index (χ2v) is 4.45. The van der Waals surface area contributed by atoms with E-state index in [1.165, 1.54) is 18.0 Å². The molecule has 0 spiro atoms. The lowest BCUT2D eigenvalue weighted by Gasteiger charge is -2.10. The number of ether oxygens (including phenoxy) is 3. The van der Waals surface area contributed by atoms with Crippen LogP contribution in [0.3, 0.4) is 0 Å². The van der Waals surface area contributed by atoms with Crippen LogP contribution in [0.2, 0.25) is 5.15 Å². The van der Waals surface area contributed by atoms with Gasteiger partial charge in [0.2, 0.25) is 5.75 Å². The third kappa shape index (κ3) is 3.66. The Morgan fingerprint density at radius 3 is 2.43 bits per heavy atom. The summed E-state index contributed by atoms with van der Waals surface area (Å²) in [7, 11) is 2.98. The van der Waals surface area contributed by atoms with Crippen molar-refractivity contribution < 1.29 is 14.2 Å². The zero-order valence-corrected chi connectivity index (χ0v) is 12.5. The highest BCUT2D eigenvalue weighted by molar-refractivity contribution is 6.30. The molecule has 7 heteroatoms. The van der Waals surface area contributed by atoms with Crippen molar-refractivity contribution in [2.24, 2.45) is 0 Å². The first kappa shape index (κ1) is 15.2. The second kappa shape index (κ2) is 6.99. The second-order valence-electron chi connectivity index (χ2n) is 4.09. The van der Waals surface area contributed by atoms with Crippen LogP contribution in [0, 0.1) is 0 Å². The van der Waals surface area contributed by atoms with Gasteiger partial charge in [-0.2, -0.15) is 0 Å². The van der Waals surface area contributed by atoms with E-state index in [1.807, 2.05) is 0 Å². The average Bonchev–Trinajstić information content (AvgIpc) is 2.51. The molecule has 1 aromatic carbocycles. The van der Waals surface area contributed by atoms with Crippen molar-refractivity contribution >= 4 is 11.6 Å². The van der Waals surface area contributed by atoms with Gasteiger partial charge in [-0.25, -0.2) is 4.98 Å². The van der Waals surface area contributed by atoms with Crippen LogP contribution >= 0.6 is 11.6 Å². The van der Waals surface area contributed by atoms with E-state index in [0.29, 0.717) is 18.9 Å². The molecular weight excluding hydrogens is 296 g/mol. The van der Waals surface area contributed by atoms with Gasteiger partial charge in [0.15, 0.2) is 5.15 Å². The molecule has 6 nitrogen and oxygen atoms in total. The Balaban J connectivity index is 1.98. The van der Waals surface area contributed by atoms with E-state index >= 15 is 0 Å². The Bertz CT molecular complexity index is 655. The minimum atomic E-state index is -0.337. The number of halogens is 1. The molecule has 0 aliphatic rings. The summed E-state index contributed by atoms with van der Waals surface area (Å²) < 4.78 is 16.9. The fraction of sp³-hybridized carbons (Fsp3) is 0.286. The summed E-state index contributed by atoms with van der Waals surface area (Å²) in [6, 6.07) is 7.19. The lowest BCUT2D eigenvalue weighted by atomic mass is 10.3. The topological polar surface area (TPSA) is 62.6 Å². The van der Waals surface area contributed by atoms with Gasteiger partial charge in [0.25, 0.3) is 5.56 Å². The van der Waals surface area contributed by atoms with Crippen molar-refractivity contribution in [3.8, 4) is 17.2 Å². The highest BCUT2D eigenvalue weighted by Gasteiger charge is 2.10. The van der Waals surface area contributed by atoms with Gasteiger partial charge < -0.3 is 14.2 Å². The summed E-state index contributed by atoms with van der Waals surface area (Å²) in [5, 5.41) is 0.0508. The standard InChI is InChI=1S/C14H15ClN2O4/c1-19-10-3-5-11(6-4-10)21-8-7-17-9-16-13(15)12(20-2)14(17)18/h3-6,9H,7-8H2,1-2H3. The molecule has 2 aromatic rings. The summed E-state index contributed by atoms with van der Waals surface area (Å²) >= 11 is 5.77. The summed E-state index contributed by atoms with van der Waals surface area (Å²) in [5.74, 6) is 1.48. The fourth-order valence-corrected chi connectivity index (χ4v) is 1.92. The van der Waals surface area contributed by atoms with E-state index in [4.69, 9.17) is 25.8 Å². The number of aromatic nitrogens is 2. The van der Waals surface area contributed by atoms with Crippen molar-refractivity contribution in [2.75, 3.05) is 20.8 Å². The highest BCUT2D eigenvalue weighted by Crippen LogP contribution is 2.17. The Labute approximate surface area is 126 Å². The van der Waals surface area contributed by atoms with E-state index in [2.05, 4.69) is 4.98 Å². The zero-order valence-electron chi connectivity index (χ0n) is 11.7. The summed E-state index contributed by atoms with van der Waals surface area (Å²) in [6.07, 6.45) is 1.37. The van der Waals surface area contributed by atoms with Crippen LogP contribution < -0.4 is 19.8 Å². The third-order valence-corrected chi connectivity index (χ3v) is 3.09. The lowest BCUT2D eigenvalue weighted by Crippen LogP contribution is -2.24. The van der Waals surface area contributed by atoms with Gasteiger partial charge in [0.05, 0.1) is 27.1 Å². The minimum Gasteiger partial charge on any atom is -0.497 e. The molecule has 0 fully saturated rings. The first-order valence-electron chi connectivity index (χ1n) is 6.21. The van der Waals surface area contributed by atoms with E-state index < -0.39 is 0 Å².